The van der Waals surface area contributed by atoms with Gasteiger partial charge in [0.15, 0.2) is 0 Å². The fraction of sp³-hybridized carbons (Fsp3) is 0.559. The van der Waals surface area contributed by atoms with Crippen LogP contribution in [0, 0.1) is 0 Å². The lowest BCUT2D eigenvalue weighted by Gasteiger charge is -2.30. The standard InChI is InChI=1S/C34H47BN4O6.ClH/c40-32-30-21-28(45-34(42)38-22-26-15-11-12-16-27(26)23-38)24-39(30)33(41)29(36-20-19-25-13-7-6-8-14-25)17-9-4-2-1-3-5-10-18-31(37-32)35(43)44;/h6-8,11-16,28-31,36,43-44H,1-5,9-10,17-24H2,(H,37,40);1H/t28-,29?,30+,31-;/m1./s1. The first kappa shape index (κ1) is 35.7. The van der Waals surface area contributed by atoms with Crippen molar-refractivity contribution >= 4 is 37.4 Å². The highest BCUT2D eigenvalue weighted by Crippen LogP contribution is 2.27. The van der Waals surface area contributed by atoms with Crippen molar-refractivity contribution in [3.63, 3.8) is 0 Å². The molecule has 2 aromatic rings. The summed E-state index contributed by atoms with van der Waals surface area (Å²) in [6.07, 6.45) is 7.71. The maximum Gasteiger partial charge on any atom is 0.475 e. The molecule has 12 heteroatoms. The quantitative estimate of drug-likeness (QED) is 0.349. The number of fused-ring (bicyclic) bond motifs is 2. The lowest BCUT2D eigenvalue weighted by Crippen LogP contribution is -2.56. The van der Waals surface area contributed by atoms with E-state index in [1.165, 1.54) is 5.56 Å². The van der Waals surface area contributed by atoms with Crippen LogP contribution in [-0.4, -0.2) is 82.1 Å². The van der Waals surface area contributed by atoms with Crippen LogP contribution in [0.1, 0.15) is 80.9 Å². The molecule has 2 fully saturated rings. The summed E-state index contributed by atoms with van der Waals surface area (Å²) in [5, 5.41) is 26.4. The van der Waals surface area contributed by atoms with Gasteiger partial charge in [0.2, 0.25) is 11.8 Å². The third-order valence-electron chi connectivity index (χ3n) is 9.36. The topological polar surface area (TPSA) is 131 Å². The minimum atomic E-state index is -1.71. The van der Waals surface area contributed by atoms with E-state index in [-0.39, 0.29) is 31.3 Å². The summed E-state index contributed by atoms with van der Waals surface area (Å²) < 4.78 is 5.92. The number of benzene rings is 2. The normalized spacial score (nSPS) is 24.4. The smallest absolute Gasteiger partial charge is 0.444 e. The number of amides is 3. The van der Waals surface area contributed by atoms with Crippen molar-refractivity contribution < 1.29 is 29.2 Å². The van der Waals surface area contributed by atoms with Gasteiger partial charge in [0.1, 0.15) is 12.1 Å². The van der Waals surface area contributed by atoms with Gasteiger partial charge in [-0.3, -0.25) is 14.5 Å². The van der Waals surface area contributed by atoms with Gasteiger partial charge in [0.05, 0.1) is 18.5 Å². The van der Waals surface area contributed by atoms with Gasteiger partial charge in [-0.05, 0) is 42.5 Å². The van der Waals surface area contributed by atoms with E-state index in [9.17, 15) is 24.4 Å². The van der Waals surface area contributed by atoms with E-state index in [2.05, 4.69) is 22.8 Å². The van der Waals surface area contributed by atoms with E-state index >= 15 is 0 Å². The molecule has 3 heterocycles. The van der Waals surface area contributed by atoms with E-state index in [0.717, 1.165) is 62.5 Å². The zero-order valence-electron chi connectivity index (χ0n) is 26.5. The highest BCUT2D eigenvalue weighted by molar-refractivity contribution is 6.43. The molecule has 10 nitrogen and oxygen atoms in total. The minimum absolute atomic E-state index is 0. The zero-order valence-corrected chi connectivity index (χ0v) is 27.3. The van der Waals surface area contributed by atoms with Crippen LogP contribution in [0.2, 0.25) is 0 Å². The van der Waals surface area contributed by atoms with Crippen LogP contribution < -0.4 is 10.6 Å². The van der Waals surface area contributed by atoms with E-state index in [0.29, 0.717) is 32.5 Å². The average Bonchev–Trinajstić information content (AvgIpc) is 3.67. The zero-order chi connectivity index (χ0) is 31.6. The summed E-state index contributed by atoms with van der Waals surface area (Å²) in [6, 6.07) is 16.6. The van der Waals surface area contributed by atoms with Crippen LogP contribution in [0.3, 0.4) is 0 Å². The van der Waals surface area contributed by atoms with Gasteiger partial charge in [0.25, 0.3) is 0 Å². The van der Waals surface area contributed by atoms with E-state index in [4.69, 9.17) is 4.74 Å². The van der Waals surface area contributed by atoms with Crippen LogP contribution in [0.15, 0.2) is 54.6 Å². The van der Waals surface area contributed by atoms with Gasteiger partial charge in [-0.15, -0.1) is 12.4 Å². The maximum atomic E-state index is 14.2. The van der Waals surface area contributed by atoms with Crippen molar-refractivity contribution in [3.8, 4) is 0 Å². The number of halogens is 1. The molecule has 3 aliphatic heterocycles. The Morgan fingerprint density at radius 2 is 1.50 bits per heavy atom. The van der Waals surface area contributed by atoms with Crippen LogP contribution in [0.25, 0.3) is 0 Å². The molecule has 250 valence electrons. The molecule has 3 aliphatic rings. The van der Waals surface area contributed by atoms with Crippen molar-refractivity contribution in [1.82, 2.24) is 20.4 Å². The number of carbonyl (C=O) groups is 3. The molecule has 2 saturated heterocycles. The number of hydrogen-bond acceptors (Lipinski definition) is 7. The molecular formula is C34H48BClN4O6. The van der Waals surface area contributed by atoms with Gasteiger partial charge in [0, 0.05) is 19.5 Å². The lowest BCUT2D eigenvalue weighted by molar-refractivity contribution is -0.140. The SMILES string of the molecule is Cl.O=C1N[C@@H](B(O)O)CCCCCCCCCC(NCCc2ccccc2)C(=O)N2C[C@H](OC(=O)N3Cc4ccccc4C3)C[C@@H]12. The van der Waals surface area contributed by atoms with Gasteiger partial charge < -0.3 is 30.3 Å². The highest BCUT2D eigenvalue weighted by Gasteiger charge is 2.44. The number of ether oxygens (including phenoxy) is 1. The fourth-order valence-electron chi connectivity index (χ4n) is 6.77. The van der Waals surface area contributed by atoms with Crippen molar-refractivity contribution in [2.24, 2.45) is 0 Å². The Bertz CT molecular complexity index is 1260. The molecule has 4 N–H and O–H groups in total. The van der Waals surface area contributed by atoms with Crippen molar-refractivity contribution in [3.05, 3.63) is 71.3 Å². The molecule has 2 aromatic carbocycles. The monoisotopic (exact) mass is 654 g/mol. The van der Waals surface area contributed by atoms with Crippen LogP contribution in [0.4, 0.5) is 4.79 Å². The first-order valence-electron chi connectivity index (χ1n) is 16.7. The molecular weight excluding hydrogens is 607 g/mol. The summed E-state index contributed by atoms with van der Waals surface area (Å²) in [6.45, 7) is 1.63. The summed E-state index contributed by atoms with van der Waals surface area (Å²) in [7, 11) is -1.71. The molecule has 46 heavy (non-hydrogen) atoms. The molecule has 1 unspecified atom stereocenters. The molecule has 5 rings (SSSR count). The number of carbonyl (C=O) groups excluding carboxylic acids is 3. The van der Waals surface area contributed by atoms with Gasteiger partial charge in [-0.25, -0.2) is 4.79 Å². The largest absolute Gasteiger partial charge is 0.475 e. The maximum absolute atomic E-state index is 14.2. The molecule has 0 aromatic heterocycles. The van der Waals surface area contributed by atoms with Gasteiger partial charge in [-0.2, -0.15) is 0 Å². The minimum Gasteiger partial charge on any atom is -0.444 e. The first-order chi connectivity index (χ1) is 21.9. The van der Waals surface area contributed by atoms with Crippen LogP contribution in [-0.2, 0) is 33.8 Å². The second-order valence-electron chi connectivity index (χ2n) is 12.7. The molecule has 0 bridgehead atoms. The average molecular weight is 655 g/mol. The van der Waals surface area contributed by atoms with Gasteiger partial charge >= 0.3 is 13.2 Å². The summed E-state index contributed by atoms with van der Waals surface area (Å²) >= 11 is 0. The Balaban J connectivity index is 0.00000480. The Hall–Kier alpha value is -3.12. The lowest BCUT2D eigenvalue weighted by atomic mass is 9.76. The van der Waals surface area contributed by atoms with E-state index in [1.54, 1.807) is 9.80 Å². The Labute approximate surface area is 278 Å². The fourth-order valence-corrected chi connectivity index (χ4v) is 6.77. The predicted molar refractivity (Wildman–Crippen MR) is 179 cm³/mol. The first-order valence-corrected chi connectivity index (χ1v) is 16.7. The molecule has 0 aliphatic carbocycles. The molecule has 0 saturated carbocycles. The summed E-state index contributed by atoms with van der Waals surface area (Å²) in [5.41, 5.74) is 3.34. The van der Waals surface area contributed by atoms with Crippen LogP contribution in [0.5, 0.6) is 0 Å². The molecule has 3 amide bonds. The van der Waals surface area contributed by atoms with Gasteiger partial charge in [-0.1, -0.05) is 99.5 Å². The van der Waals surface area contributed by atoms with Crippen molar-refractivity contribution in [2.75, 3.05) is 13.1 Å². The second-order valence-corrected chi connectivity index (χ2v) is 12.7. The highest BCUT2D eigenvalue weighted by atomic mass is 35.5. The third-order valence-corrected chi connectivity index (χ3v) is 9.36. The number of nitrogens with one attached hydrogen (secondary N) is 2. The predicted octanol–water partition coefficient (Wildman–Crippen LogP) is 3.75. The molecule has 0 radical (unpaired) electrons. The Kier molecular flexibility index (Phi) is 13.8. The molecule has 4 atom stereocenters. The number of nitrogens with zero attached hydrogens (tertiary/aromatic N) is 2. The van der Waals surface area contributed by atoms with Crippen LogP contribution >= 0.6 is 12.4 Å². The summed E-state index contributed by atoms with van der Waals surface area (Å²) in [4.78, 5) is 44.3. The third kappa shape index (κ3) is 9.70. The Morgan fingerprint density at radius 1 is 0.891 bits per heavy atom. The summed E-state index contributed by atoms with van der Waals surface area (Å²) in [5.74, 6) is -1.49. The van der Waals surface area contributed by atoms with Crippen molar-refractivity contribution in [1.29, 1.82) is 0 Å². The van der Waals surface area contributed by atoms with E-state index < -0.39 is 43.2 Å². The molecule has 0 spiro atoms. The van der Waals surface area contributed by atoms with Crippen molar-refractivity contribution in [2.45, 2.75) is 108 Å². The number of hydrogen-bond donors (Lipinski definition) is 4. The number of rotatable bonds is 6. The second kappa shape index (κ2) is 17.7. The Morgan fingerprint density at radius 3 is 2.15 bits per heavy atom. The van der Waals surface area contributed by atoms with E-state index in [1.807, 2.05) is 42.5 Å².